The zero-order chi connectivity index (χ0) is 9.97. The number of hydrogen-bond donors (Lipinski definition) is 1. The molecule has 1 saturated heterocycles. The maximum atomic E-state index is 5.56. The van der Waals surface area contributed by atoms with Gasteiger partial charge >= 0.3 is 10.5 Å². The van der Waals surface area contributed by atoms with Crippen molar-refractivity contribution in [3.8, 4) is 0 Å². The fourth-order valence-electron chi connectivity index (χ4n) is 1.67. The lowest BCUT2D eigenvalue weighted by molar-refractivity contribution is -0.767. The molecular formula is C8H14BrN4O+. The Kier molecular flexibility index (Phi) is 2.90. The molecule has 0 aromatic carbocycles. The minimum atomic E-state index is 0.328. The molecule has 0 amide bonds. The molecule has 2 rings (SSSR count). The molecule has 2 heterocycles. The Labute approximate surface area is 90.9 Å². The number of aromatic nitrogens is 2. The van der Waals surface area contributed by atoms with E-state index in [1.165, 1.54) is 25.7 Å². The summed E-state index contributed by atoms with van der Waals surface area (Å²) in [6.45, 7) is 2.02. The van der Waals surface area contributed by atoms with Gasteiger partial charge in [-0.25, -0.2) is 0 Å². The number of halogens is 1. The van der Waals surface area contributed by atoms with Crippen molar-refractivity contribution in [2.45, 2.75) is 25.7 Å². The molecule has 0 saturated carbocycles. The van der Waals surface area contributed by atoms with Gasteiger partial charge in [-0.05, 0) is 12.8 Å². The first-order chi connectivity index (χ1) is 6.79. The first-order valence-corrected chi connectivity index (χ1v) is 5.66. The molecule has 5 nitrogen and oxygen atoms in total. The Morgan fingerprint density at radius 3 is 2.43 bits per heavy atom. The highest BCUT2D eigenvalue weighted by Crippen LogP contribution is 2.13. The highest BCUT2D eigenvalue weighted by molar-refractivity contribution is 9.10. The number of anilines is 1. The topological polar surface area (TPSA) is 59.2 Å². The molecule has 0 aliphatic carbocycles. The Morgan fingerprint density at radius 2 is 1.93 bits per heavy atom. The third-order valence-corrected chi connectivity index (χ3v) is 3.15. The van der Waals surface area contributed by atoms with Crippen LogP contribution in [0.25, 0.3) is 0 Å². The molecule has 1 aromatic rings. The van der Waals surface area contributed by atoms with Gasteiger partial charge in [-0.2, -0.15) is 5.01 Å². The molecule has 0 atom stereocenters. The van der Waals surface area contributed by atoms with Crippen LogP contribution < -0.4 is 15.5 Å². The van der Waals surface area contributed by atoms with Gasteiger partial charge in [-0.15, -0.1) is 0 Å². The summed E-state index contributed by atoms with van der Waals surface area (Å²) in [5, 5.41) is 6.03. The summed E-state index contributed by atoms with van der Waals surface area (Å²) >= 11 is 3.35. The summed E-state index contributed by atoms with van der Waals surface area (Å²) in [5.74, 6) is 0.328. The Morgan fingerprint density at radius 1 is 1.29 bits per heavy atom. The van der Waals surface area contributed by atoms with E-state index >= 15 is 0 Å². The van der Waals surface area contributed by atoms with Gasteiger partial charge in [0.15, 0.2) is 0 Å². The van der Waals surface area contributed by atoms with E-state index in [0.29, 0.717) is 10.5 Å². The Bertz CT molecular complexity index is 306. The molecule has 1 aromatic heterocycles. The lowest BCUT2D eigenvalue weighted by Gasteiger charge is -2.09. The summed E-state index contributed by atoms with van der Waals surface area (Å²) in [4.78, 5) is 1.71. The van der Waals surface area contributed by atoms with E-state index in [9.17, 15) is 0 Å². The van der Waals surface area contributed by atoms with Crippen LogP contribution in [0.1, 0.15) is 25.7 Å². The summed E-state index contributed by atoms with van der Waals surface area (Å²) in [6.07, 6.45) is 4.99. The Balaban J connectivity index is 2.16. The number of hydrogen-bond acceptors (Lipinski definition) is 4. The maximum Gasteiger partial charge on any atom is 0.372 e. The maximum absolute atomic E-state index is 5.56. The second kappa shape index (κ2) is 4.16. The van der Waals surface area contributed by atoms with Crippen molar-refractivity contribution >= 4 is 21.8 Å². The van der Waals surface area contributed by atoms with Crippen LogP contribution in [0, 0.1) is 0 Å². The first-order valence-electron chi connectivity index (χ1n) is 4.87. The van der Waals surface area contributed by atoms with Crippen LogP contribution in [0.15, 0.2) is 9.13 Å². The monoisotopic (exact) mass is 261 g/mol. The largest absolute Gasteiger partial charge is 0.372 e. The van der Waals surface area contributed by atoms with Crippen molar-refractivity contribution < 1.29 is 9.31 Å². The SMILES string of the molecule is Nc1on[n+](N2CCCCCC2)c1Br. The zero-order valence-corrected chi connectivity index (χ0v) is 9.53. The molecule has 78 valence electrons. The molecule has 0 bridgehead atoms. The van der Waals surface area contributed by atoms with Crippen LogP contribution in [0.3, 0.4) is 0 Å². The minimum Gasteiger partial charge on any atom is -0.361 e. The number of nitrogen functional groups attached to an aromatic ring is 1. The van der Waals surface area contributed by atoms with E-state index in [1.807, 2.05) is 0 Å². The number of rotatable bonds is 1. The van der Waals surface area contributed by atoms with Crippen molar-refractivity contribution in [1.82, 2.24) is 5.27 Å². The van der Waals surface area contributed by atoms with Crippen molar-refractivity contribution in [2.75, 3.05) is 23.8 Å². The van der Waals surface area contributed by atoms with Crippen molar-refractivity contribution in [1.29, 1.82) is 0 Å². The number of nitrogens with two attached hydrogens (primary N) is 1. The van der Waals surface area contributed by atoms with Gasteiger partial charge in [-0.1, -0.05) is 12.8 Å². The van der Waals surface area contributed by atoms with Crippen LogP contribution in [-0.4, -0.2) is 18.4 Å². The van der Waals surface area contributed by atoms with E-state index in [1.54, 1.807) is 4.79 Å². The molecule has 1 fully saturated rings. The van der Waals surface area contributed by atoms with Crippen LogP contribution >= 0.6 is 15.9 Å². The number of nitrogens with zero attached hydrogens (tertiary/aromatic N) is 3. The quantitative estimate of drug-likeness (QED) is 0.761. The minimum absolute atomic E-state index is 0.328. The average molecular weight is 262 g/mol. The van der Waals surface area contributed by atoms with Crippen molar-refractivity contribution in [2.24, 2.45) is 0 Å². The Hall–Kier alpha value is -0.780. The van der Waals surface area contributed by atoms with E-state index < -0.39 is 0 Å². The zero-order valence-electron chi connectivity index (χ0n) is 7.95. The van der Waals surface area contributed by atoms with Crippen molar-refractivity contribution in [3.63, 3.8) is 0 Å². The van der Waals surface area contributed by atoms with Gasteiger partial charge < -0.3 is 5.73 Å². The van der Waals surface area contributed by atoms with E-state index in [-0.39, 0.29) is 0 Å². The highest BCUT2D eigenvalue weighted by Gasteiger charge is 2.27. The molecule has 0 radical (unpaired) electrons. The van der Waals surface area contributed by atoms with Gasteiger partial charge in [0.25, 0.3) is 0 Å². The fraction of sp³-hybridized carbons (Fsp3) is 0.750. The standard InChI is InChI=1S/C8H14BrN4O/c9-7-8(10)14-11-13(7)12-5-3-1-2-4-6-12/h1-6,10H2/q+1. The average Bonchev–Trinajstić information content (AvgIpc) is 2.47. The molecule has 6 heteroatoms. The van der Waals surface area contributed by atoms with Gasteiger partial charge in [0.1, 0.15) is 0 Å². The second-order valence-corrected chi connectivity index (χ2v) is 4.24. The van der Waals surface area contributed by atoms with E-state index in [0.717, 1.165) is 13.1 Å². The van der Waals surface area contributed by atoms with Crippen LogP contribution in [0.5, 0.6) is 0 Å². The van der Waals surface area contributed by atoms with Gasteiger partial charge in [0.2, 0.25) is 5.27 Å². The highest BCUT2D eigenvalue weighted by atomic mass is 79.9. The lowest BCUT2D eigenvalue weighted by Crippen LogP contribution is -2.60. The second-order valence-electron chi connectivity index (χ2n) is 3.49. The van der Waals surface area contributed by atoms with Crippen molar-refractivity contribution in [3.05, 3.63) is 4.60 Å². The third kappa shape index (κ3) is 1.84. The van der Waals surface area contributed by atoms with Gasteiger partial charge in [0.05, 0.1) is 17.9 Å². The lowest BCUT2D eigenvalue weighted by atomic mass is 10.2. The normalized spacial score (nSPS) is 18.2. The molecule has 0 unspecified atom stereocenters. The molecular weight excluding hydrogens is 248 g/mol. The summed E-state index contributed by atoms with van der Waals surface area (Å²) in [7, 11) is 0. The summed E-state index contributed by atoms with van der Waals surface area (Å²) in [5.41, 5.74) is 5.56. The summed E-state index contributed by atoms with van der Waals surface area (Å²) < 4.78 is 5.60. The van der Waals surface area contributed by atoms with E-state index in [2.05, 4.69) is 26.2 Å². The smallest absolute Gasteiger partial charge is 0.361 e. The predicted molar refractivity (Wildman–Crippen MR) is 55.2 cm³/mol. The summed E-state index contributed by atoms with van der Waals surface area (Å²) in [6, 6.07) is 0. The molecule has 2 N–H and O–H groups in total. The van der Waals surface area contributed by atoms with Gasteiger partial charge in [-0.3, -0.25) is 4.52 Å². The molecule has 0 spiro atoms. The third-order valence-electron chi connectivity index (χ3n) is 2.45. The van der Waals surface area contributed by atoms with E-state index in [4.69, 9.17) is 10.3 Å². The first kappa shape index (κ1) is 9.76. The van der Waals surface area contributed by atoms with Crippen LogP contribution in [0.2, 0.25) is 0 Å². The van der Waals surface area contributed by atoms with Crippen LogP contribution in [0.4, 0.5) is 5.88 Å². The van der Waals surface area contributed by atoms with Gasteiger partial charge in [0, 0.05) is 15.9 Å². The van der Waals surface area contributed by atoms with Crippen LogP contribution in [-0.2, 0) is 0 Å². The molecule has 1 aliphatic rings. The molecule has 14 heavy (non-hydrogen) atoms. The predicted octanol–water partition coefficient (Wildman–Crippen LogP) is 0.819. The molecule has 1 aliphatic heterocycles. The fourth-order valence-corrected chi connectivity index (χ4v) is 2.04.